The minimum absolute atomic E-state index is 0.136. The lowest BCUT2D eigenvalue weighted by atomic mass is 9.98. The quantitative estimate of drug-likeness (QED) is 0.765. The van der Waals surface area contributed by atoms with Crippen molar-refractivity contribution < 1.29 is 19.1 Å². The van der Waals surface area contributed by atoms with Crippen LogP contribution in [0.2, 0.25) is 0 Å². The molecular formula is C22H34N4O4. The van der Waals surface area contributed by atoms with E-state index in [2.05, 4.69) is 10.6 Å². The Labute approximate surface area is 178 Å². The molecular weight excluding hydrogens is 384 g/mol. The molecule has 166 valence electrons. The average molecular weight is 419 g/mol. The Kier molecular flexibility index (Phi) is 8.08. The number of likely N-dealkylation sites (tertiary alicyclic amines) is 1. The number of rotatable bonds is 5. The molecule has 1 fully saturated rings. The molecule has 0 spiro atoms. The molecule has 2 rings (SSSR count). The van der Waals surface area contributed by atoms with Gasteiger partial charge in [0.05, 0.1) is 0 Å². The van der Waals surface area contributed by atoms with E-state index in [1.54, 1.807) is 41.1 Å². The average Bonchev–Trinajstić information content (AvgIpc) is 2.67. The van der Waals surface area contributed by atoms with E-state index in [0.717, 1.165) is 12.8 Å². The van der Waals surface area contributed by atoms with Crippen molar-refractivity contribution in [3.63, 3.8) is 0 Å². The molecule has 0 saturated carbocycles. The third-order valence-corrected chi connectivity index (χ3v) is 4.78. The number of carbonyl (C=O) groups is 3. The number of anilines is 1. The van der Waals surface area contributed by atoms with Crippen molar-refractivity contribution >= 4 is 23.7 Å². The number of carbonyl (C=O) groups excluding carboxylic acids is 3. The van der Waals surface area contributed by atoms with E-state index >= 15 is 0 Å². The Bertz CT molecular complexity index is 742. The number of benzene rings is 1. The van der Waals surface area contributed by atoms with Gasteiger partial charge in [-0.1, -0.05) is 0 Å². The largest absolute Gasteiger partial charge is 0.444 e. The highest BCUT2D eigenvalue weighted by Gasteiger charge is 2.27. The topological polar surface area (TPSA) is 91.0 Å². The second-order valence-corrected chi connectivity index (χ2v) is 8.68. The van der Waals surface area contributed by atoms with Crippen molar-refractivity contribution in [1.29, 1.82) is 0 Å². The van der Waals surface area contributed by atoms with Crippen LogP contribution in [-0.4, -0.2) is 66.7 Å². The van der Waals surface area contributed by atoms with Gasteiger partial charge in [0.1, 0.15) is 5.60 Å². The Balaban J connectivity index is 1.88. The monoisotopic (exact) mass is 418 g/mol. The molecule has 0 bridgehead atoms. The zero-order valence-corrected chi connectivity index (χ0v) is 18.7. The van der Waals surface area contributed by atoms with Crippen molar-refractivity contribution in [3.8, 4) is 0 Å². The van der Waals surface area contributed by atoms with Gasteiger partial charge >= 0.3 is 12.1 Å². The zero-order valence-electron chi connectivity index (χ0n) is 18.7. The number of urea groups is 1. The van der Waals surface area contributed by atoms with E-state index in [1.165, 1.54) is 0 Å². The van der Waals surface area contributed by atoms with Crippen molar-refractivity contribution in [2.75, 3.05) is 38.5 Å². The maximum absolute atomic E-state index is 12.7. The lowest BCUT2D eigenvalue weighted by molar-refractivity contribution is 0.0253. The summed E-state index contributed by atoms with van der Waals surface area (Å²) in [6.45, 7) is 9.75. The number of hydrogen-bond acceptors (Lipinski definition) is 4. The van der Waals surface area contributed by atoms with Crippen molar-refractivity contribution in [2.24, 2.45) is 5.92 Å². The lowest BCUT2D eigenvalue weighted by Crippen LogP contribution is -2.46. The Morgan fingerprint density at radius 3 is 2.47 bits per heavy atom. The summed E-state index contributed by atoms with van der Waals surface area (Å²) in [4.78, 5) is 40.0. The molecule has 0 aromatic heterocycles. The summed E-state index contributed by atoms with van der Waals surface area (Å²) in [5.41, 5.74) is 0.662. The molecule has 0 radical (unpaired) electrons. The summed E-state index contributed by atoms with van der Waals surface area (Å²) < 4.78 is 5.40. The first-order valence-corrected chi connectivity index (χ1v) is 10.5. The molecule has 1 aromatic rings. The van der Waals surface area contributed by atoms with Gasteiger partial charge in [-0.25, -0.2) is 9.59 Å². The van der Waals surface area contributed by atoms with Crippen LogP contribution in [0.4, 0.5) is 15.3 Å². The van der Waals surface area contributed by atoms with Gasteiger partial charge in [0, 0.05) is 44.5 Å². The van der Waals surface area contributed by atoms with E-state index in [4.69, 9.17) is 4.74 Å². The van der Waals surface area contributed by atoms with Crippen LogP contribution in [0.1, 0.15) is 50.9 Å². The predicted molar refractivity (Wildman–Crippen MR) is 117 cm³/mol. The summed E-state index contributed by atoms with van der Waals surface area (Å²) >= 11 is 0. The molecule has 1 unspecified atom stereocenters. The molecule has 8 heteroatoms. The highest BCUT2D eigenvalue weighted by molar-refractivity contribution is 5.95. The molecule has 8 nitrogen and oxygen atoms in total. The standard InChI is InChI=1S/C22H34N4O4/c1-6-23-19(27)17-9-11-18(12-10-17)24-20(28)26-13-7-8-16(15-26)14-25(5)21(29)30-22(2,3)4/h9-12,16H,6-8,13-15H2,1-5H3,(H,23,27)(H,24,28). The number of nitrogens with one attached hydrogen (secondary N) is 2. The van der Waals surface area contributed by atoms with Crippen LogP contribution in [-0.2, 0) is 4.74 Å². The molecule has 1 aromatic carbocycles. The van der Waals surface area contributed by atoms with Gasteiger partial charge in [0.2, 0.25) is 0 Å². The molecule has 30 heavy (non-hydrogen) atoms. The Morgan fingerprint density at radius 1 is 1.20 bits per heavy atom. The number of amides is 4. The Morgan fingerprint density at radius 2 is 1.87 bits per heavy atom. The van der Waals surface area contributed by atoms with Gasteiger partial charge in [-0.15, -0.1) is 0 Å². The smallest absolute Gasteiger partial charge is 0.410 e. The van der Waals surface area contributed by atoms with E-state index < -0.39 is 5.60 Å². The summed E-state index contributed by atoms with van der Waals surface area (Å²) in [5, 5.41) is 5.63. The van der Waals surface area contributed by atoms with Gasteiger partial charge in [-0.3, -0.25) is 4.79 Å². The second-order valence-electron chi connectivity index (χ2n) is 8.68. The van der Waals surface area contributed by atoms with Gasteiger partial charge in [0.15, 0.2) is 0 Å². The van der Waals surface area contributed by atoms with E-state index in [0.29, 0.717) is 37.4 Å². The fraction of sp³-hybridized carbons (Fsp3) is 0.591. The van der Waals surface area contributed by atoms with Gasteiger partial charge in [-0.05, 0) is 70.7 Å². The van der Waals surface area contributed by atoms with Gasteiger partial charge in [0.25, 0.3) is 5.91 Å². The second kappa shape index (κ2) is 10.3. The van der Waals surface area contributed by atoms with Crippen LogP contribution in [0.15, 0.2) is 24.3 Å². The van der Waals surface area contributed by atoms with Crippen molar-refractivity contribution in [3.05, 3.63) is 29.8 Å². The summed E-state index contributed by atoms with van der Waals surface area (Å²) in [6.07, 6.45) is 1.49. The minimum atomic E-state index is -0.531. The lowest BCUT2D eigenvalue weighted by Gasteiger charge is -2.35. The molecule has 1 aliphatic rings. The van der Waals surface area contributed by atoms with E-state index in [-0.39, 0.29) is 23.9 Å². The molecule has 1 atom stereocenters. The summed E-state index contributed by atoms with van der Waals surface area (Å²) in [5.74, 6) is 0.0606. The third kappa shape index (κ3) is 7.24. The molecule has 1 aliphatic heterocycles. The molecule has 1 saturated heterocycles. The van der Waals surface area contributed by atoms with Gasteiger partial charge in [-0.2, -0.15) is 0 Å². The minimum Gasteiger partial charge on any atom is -0.444 e. The molecule has 1 heterocycles. The van der Waals surface area contributed by atoms with Crippen molar-refractivity contribution in [2.45, 2.75) is 46.1 Å². The maximum atomic E-state index is 12.7. The van der Waals surface area contributed by atoms with Crippen LogP contribution in [0.25, 0.3) is 0 Å². The predicted octanol–water partition coefficient (Wildman–Crippen LogP) is 3.55. The SMILES string of the molecule is CCNC(=O)c1ccc(NC(=O)N2CCCC(CN(C)C(=O)OC(C)(C)C)C2)cc1. The highest BCUT2D eigenvalue weighted by Crippen LogP contribution is 2.20. The molecule has 4 amide bonds. The summed E-state index contributed by atoms with van der Waals surface area (Å²) in [6, 6.07) is 6.65. The normalized spacial score (nSPS) is 16.6. The first-order chi connectivity index (χ1) is 14.1. The van der Waals surface area contributed by atoms with Crippen LogP contribution in [0, 0.1) is 5.92 Å². The van der Waals surface area contributed by atoms with Crippen LogP contribution < -0.4 is 10.6 Å². The summed E-state index contributed by atoms with van der Waals surface area (Å²) in [7, 11) is 1.73. The zero-order chi connectivity index (χ0) is 22.3. The first-order valence-electron chi connectivity index (χ1n) is 10.5. The number of piperidine rings is 1. The van der Waals surface area contributed by atoms with Crippen LogP contribution >= 0.6 is 0 Å². The highest BCUT2D eigenvalue weighted by atomic mass is 16.6. The fourth-order valence-electron chi connectivity index (χ4n) is 3.37. The van der Waals surface area contributed by atoms with E-state index in [1.807, 2.05) is 27.7 Å². The molecule has 0 aliphatic carbocycles. The van der Waals surface area contributed by atoms with Crippen molar-refractivity contribution in [1.82, 2.24) is 15.1 Å². The van der Waals surface area contributed by atoms with E-state index in [9.17, 15) is 14.4 Å². The Hall–Kier alpha value is -2.77. The van der Waals surface area contributed by atoms with Gasteiger partial charge < -0.3 is 25.2 Å². The number of nitrogens with zero attached hydrogens (tertiary/aromatic N) is 2. The molecule has 2 N–H and O–H groups in total. The number of hydrogen-bond donors (Lipinski definition) is 2. The number of ether oxygens (including phenoxy) is 1. The van der Waals surface area contributed by atoms with Crippen LogP contribution in [0.5, 0.6) is 0 Å². The maximum Gasteiger partial charge on any atom is 0.410 e. The third-order valence-electron chi connectivity index (χ3n) is 4.78. The first kappa shape index (κ1) is 23.5. The van der Waals surface area contributed by atoms with Crippen LogP contribution in [0.3, 0.4) is 0 Å². The fourth-order valence-corrected chi connectivity index (χ4v) is 3.37.